The average molecular weight is 350 g/mol. The maximum absolute atomic E-state index is 15.2. The number of benzene rings is 1. The van der Waals surface area contributed by atoms with Crippen molar-refractivity contribution in [2.45, 2.75) is 26.4 Å². The number of pyridine rings is 1. The number of aromatic nitrogens is 1. The molecule has 1 fully saturated rings. The van der Waals surface area contributed by atoms with Crippen LogP contribution in [-0.4, -0.2) is 41.3 Å². The number of carboxylic acids is 1. The van der Waals surface area contributed by atoms with Crippen LogP contribution in [0.4, 0.5) is 14.5 Å². The molecule has 0 amide bonds. The molecule has 8 heteroatoms. The highest BCUT2D eigenvalue weighted by atomic mass is 19.1. The number of halogens is 2. The van der Waals surface area contributed by atoms with E-state index in [-0.39, 0.29) is 29.2 Å². The number of carboxylic acid groups (broad SMARTS) is 1. The Morgan fingerprint density at radius 1 is 1.44 bits per heavy atom. The lowest BCUT2D eigenvalue weighted by atomic mass is 10.1. The molecule has 1 aromatic heterocycles. The van der Waals surface area contributed by atoms with Crippen molar-refractivity contribution >= 4 is 22.6 Å². The summed E-state index contributed by atoms with van der Waals surface area (Å²) < 4.78 is 31.2. The van der Waals surface area contributed by atoms with Gasteiger partial charge < -0.3 is 19.9 Å². The summed E-state index contributed by atoms with van der Waals surface area (Å²) in [6.45, 7) is 5.33. The topological polar surface area (TPSA) is 74.6 Å². The van der Waals surface area contributed by atoms with Crippen molar-refractivity contribution in [3.63, 3.8) is 0 Å². The molecule has 0 saturated carbocycles. The Hall–Kier alpha value is -2.48. The first-order valence-corrected chi connectivity index (χ1v) is 8.11. The molecule has 25 heavy (non-hydrogen) atoms. The molecule has 1 atom stereocenters. The van der Waals surface area contributed by atoms with Crippen LogP contribution < -0.4 is 15.6 Å². The number of piperazine rings is 1. The van der Waals surface area contributed by atoms with Crippen molar-refractivity contribution in [3.05, 3.63) is 39.7 Å². The van der Waals surface area contributed by atoms with Crippen LogP contribution in [0.15, 0.2) is 17.1 Å². The van der Waals surface area contributed by atoms with Crippen LogP contribution in [-0.2, 0) is 6.54 Å². The number of aryl methyl sites for hydroxylation is 1. The van der Waals surface area contributed by atoms with Gasteiger partial charge in [-0.25, -0.2) is 13.6 Å². The number of aromatic carboxylic acids is 1. The van der Waals surface area contributed by atoms with E-state index in [1.54, 1.807) is 11.8 Å². The Labute approximate surface area is 142 Å². The fourth-order valence-electron chi connectivity index (χ4n) is 3.30. The van der Waals surface area contributed by atoms with Gasteiger partial charge in [-0.2, -0.15) is 0 Å². The molecule has 2 heterocycles. The van der Waals surface area contributed by atoms with E-state index in [1.807, 2.05) is 6.92 Å². The number of fused-ring (bicyclic) bond motifs is 1. The van der Waals surface area contributed by atoms with Gasteiger partial charge in [0.25, 0.3) is 0 Å². The predicted molar refractivity (Wildman–Crippen MR) is 90.4 cm³/mol. The lowest BCUT2D eigenvalue weighted by Crippen LogP contribution is -2.49. The zero-order valence-electron chi connectivity index (χ0n) is 14.0. The van der Waals surface area contributed by atoms with Crippen LogP contribution in [0.3, 0.4) is 0 Å². The van der Waals surface area contributed by atoms with Gasteiger partial charge in [0.05, 0.1) is 10.9 Å². The minimum atomic E-state index is -1.42. The molecule has 1 aliphatic heterocycles. The first-order chi connectivity index (χ1) is 11.8. The first-order valence-electron chi connectivity index (χ1n) is 8.11. The molecule has 134 valence electrons. The monoisotopic (exact) mass is 350 g/mol. The van der Waals surface area contributed by atoms with E-state index in [2.05, 4.69) is 5.32 Å². The Morgan fingerprint density at radius 3 is 2.76 bits per heavy atom. The third kappa shape index (κ3) is 2.86. The molecule has 0 aliphatic carbocycles. The molecule has 2 N–H and O–H groups in total. The Balaban J connectivity index is 2.31. The van der Waals surface area contributed by atoms with Crippen molar-refractivity contribution < 1.29 is 18.7 Å². The van der Waals surface area contributed by atoms with Gasteiger partial charge in [-0.3, -0.25) is 4.79 Å². The zero-order valence-corrected chi connectivity index (χ0v) is 14.0. The zero-order chi connectivity index (χ0) is 18.3. The fourth-order valence-corrected chi connectivity index (χ4v) is 3.30. The number of anilines is 1. The van der Waals surface area contributed by atoms with Gasteiger partial charge in [0.2, 0.25) is 5.43 Å². The quantitative estimate of drug-likeness (QED) is 0.883. The van der Waals surface area contributed by atoms with E-state index in [4.69, 9.17) is 5.11 Å². The minimum Gasteiger partial charge on any atom is -0.477 e. The largest absolute Gasteiger partial charge is 0.477 e. The van der Waals surface area contributed by atoms with Crippen LogP contribution in [0.25, 0.3) is 10.9 Å². The fraction of sp³-hybridized carbons (Fsp3) is 0.412. The molecule has 1 aliphatic rings. The number of carbonyl (C=O) groups is 1. The molecule has 3 rings (SSSR count). The third-order valence-electron chi connectivity index (χ3n) is 4.49. The molecule has 1 aromatic carbocycles. The van der Waals surface area contributed by atoms with Gasteiger partial charge in [0.1, 0.15) is 17.1 Å². The summed E-state index contributed by atoms with van der Waals surface area (Å²) in [5.41, 5.74) is -1.63. The summed E-state index contributed by atoms with van der Waals surface area (Å²) in [5.74, 6) is -3.11. The number of rotatable bonds is 3. The maximum Gasteiger partial charge on any atom is 0.341 e. The highest BCUT2D eigenvalue weighted by molar-refractivity contribution is 5.93. The summed E-state index contributed by atoms with van der Waals surface area (Å²) in [5, 5.41) is 12.1. The van der Waals surface area contributed by atoms with Gasteiger partial charge in [0.15, 0.2) is 5.82 Å². The smallest absolute Gasteiger partial charge is 0.341 e. The second kappa shape index (κ2) is 6.44. The van der Waals surface area contributed by atoms with E-state index >= 15 is 4.39 Å². The molecule has 0 radical (unpaired) electrons. The van der Waals surface area contributed by atoms with Crippen LogP contribution in [0.5, 0.6) is 0 Å². The normalized spacial score (nSPS) is 17.9. The molecule has 1 unspecified atom stereocenters. The predicted octanol–water partition coefficient (Wildman–Crippen LogP) is 1.80. The van der Waals surface area contributed by atoms with E-state index in [1.165, 1.54) is 4.57 Å². The van der Waals surface area contributed by atoms with Crippen LogP contribution in [0, 0.1) is 11.6 Å². The van der Waals surface area contributed by atoms with Crippen molar-refractivity contribution in [2.75, 3.05) is 24.5 Å². The number of hydrogen-bond donors (Lipinski definition) is 2. The highest BCUT2D eigenvalue weighted by Gasteiger charge is 2.26. The van der Waals surface area contributed by atoms with Gasteiger partial charge in [-0.05, 0) is 19.9 Å². The SMILES string of the molecule is CCn1cc(C(=O)O)c(=O)c2cc([18F])c(N3CCNC(C)C3)c(F)c21. The van der Waals surface area contributed by atoms with E-state index in [0.717, 1.165) is 12.3 Å². The first kappa shape index (κ1) is 17.3. The van der Waals surface area contributed by atoms with Crippen LogP contribution in [0.1, 0.15) is 24.2 Å². The van der Waals surface area contributed by atoms with Crippen molar-refractivity contribution in [1.29, 1.82) is 0 Å². The second-order valence-corrected chi connectivity index (χ2v) is 6.18. The Kier molecular flexibility index (Phi) is 4.47. The molecule has 0 bridgehead atoms. The highest BCUT2D eigenvalue weighted by Crippen LogP contribution is 2.30. The van der Waals surface area contributed by atoms with Crippen LogP contribution >= 0.6 is 0 Å². The number of nitrogens with one attached hydrogen (secondary N) is 1. The summed E-state index contributed by atoms with van der Waals surface area (Å²) in [4.78, 5) is 25.2. The second-order valence-electron chi connectivity index (χ2n) is 6.18. The van der Waals surface area contributed by atoms with E-state index in [0.29, 0.717) is 19.6 Å². The average Bonchev–Trinajstić information content (AvgIpc) is 2.55. The van der Waals surface area contributed by atoms with E-state index in [9.17, 15) is 14.0 Å². The number of hydrogen-bond acceptors (Lipinski definition) is 4. The Bertz CT molecular complexity index is 910. The summed E-state index contributed by atoms with van der Waals surface area (Å²) in [6.07, 6.45) is 1.11. The lowest BCUT2D eigenvalue weighted by Gasteiger charge is -2.34. The third-order valence-corrected chi connectivity index (χ3v) is 4.49. The van der Waals surface area contributed by atoms with Crippen molar-refractivity contribution in [3.8, 4) is 0 Å². The van der Waals surface area contributed by atoms with E-state index < -0.39 is 28.6 Å². The van der Waals surface area contributed by atoms with Crippen LogP contribution in [0.2, 0.25) is 0 Å². The minimum absolute atomic E-state index is 0.0694. The molecule has 2 aromatic rings. The van der Waals surface area contributed by atoms with Gasteiger partial charge in [-0.15, -0.1) is 0 Å². The number of nitrogens with zero attached hydrogens (tertiary/aromatic N) is 2. The van der Waals surface area contributed by atoms with Gasteiger partial charge in [0, 0.05) is 38.4 Å². The van der Waals surface area contributed by atoms with Gasteiger partial charge >= 0.3 is 5.97 Å². The molecular formula is C17H19F2N3O3. The molecule has 6 nitrogen and oxygen atoms in total. The molecular weight excluding hydrogens is 331 g/mol. The summed E-state index contributed by atoms with van der Waals surface area (Å²) >= 11 is 0. The van der Waals surface area contributed by atoms with Crippen molar-refractivity contribution in [1.82, 2.24) is 9.88 Å². The summed E-state index contributed by atoms with van der Waals surface area (Å²) in [6, 6.07) is 1.02. The lowest BCUT2D eigenvalue weighted by molar-refractivity contribution is 0.0695. The standard InChI is InChI=1S/C17H19F2N3O3/c1-3-21-8-11(17(24)25)16(23)10-6-12(18)15(13(19)14(10)21)22-5-4-20-9(2)7-22/h6,8-9,20H,3-5,7H2,1-2H3,(H,24,25)/i18-1. The molecule has 1 saturated heterocycles. The van der Waals surface area contributed by atoms with Crippen molar-refractivity contribution in [2.24, 2.45) is 0 Å². The Morgan fingerprint density at radius 2 is 2.16 bits per heavy atom. The maximum atomic E-state index is 15.2. The van der Waals surface area contributed by atoms with Gasteiger partial charge in [-0.1, -0.05) is 0 Å². The summed E-state index contributed by atoms with van der Waals surface area (Å²) in [7, 11) is 0. The molecule has 0 spiro atoms.